The average molecular weight is 298 g/mol. The van der Waals surface area contributed by atoms with Crippen LogP contribution in [0.15, 0.2) is 9.52 Å². The van der Waals surface area contributed by atoms with E-state index in [2.05, 4.69) is 47.8 Å². The van der Waals surface area contributed by atoms with Crippen LogP contribution in [0.25, 0.3) is 0 Å². The van der Waals surface area contributed by atoms with E-state index in [1.807, 2.05) is 11.8 Å². The number of aromatic nitrogens is 1. The fourth-order valence-electron chi connectivity index (χ4n) is 1.85. The summed E-state index contributed by atoms with van der Waals surface area (Å²) in [7, 11) is 1.79. The van der Waals surface area contributed by atoms with Gasteiger partial charge in [-0.1, -0.05) is 25.9 Å². The van der Waals surface area contributed by atoms with Gasteiger partial charge in [0.05, 0.1) is 5.69 Å². The lowest BCUT2D eigenvalue weighted by Crippen LogP contribution is -2.39. The Kier molecular flexibility index (Phi) is 7.51. The van der Waals surface area contributed by atoms with Gasteiger partial charge in [-0.15, -0.1) is 0 Å². The summed E-state index contributed by atoms with van der Waals surface area (Å²) in [4.78, 5) is 4.24. The van der Waals surface area contributed by atoms with Gasteiger partial charge < -0.3 is 15.2 Å². The minimum Gasteiger partial charge on any atom is -0.361 e. The molecule has 0 saturated heterocycles. The van der Waals surface area contributed by atoms with Gasteiger partial charge in [-0.25, -0.2) is 0 Å². The Bertz CT molecular complexity index is 409. The van der Waals surface area contributed by atoms with Crippen molar-refractivity contribution in [2.24, 2.45) is 4.99 Å². The summed E-state index contributed by atoms with van der Waals surface area (Å²) in [6, 6.07) is 0. The number of thioether (sulfide) groups is 1. The van der Waals surface area contributed by atoms with Gasteiger partial charge in [0.15, 0.2) is 5.96 Å². The summed E-state index contributed by atoms with van der Waals surface area (Å²) in [5, 5.41) is 11.3. The first-order valence-corrected chi connectivity index (χ1v) is 8.38. The minimum absolute atomic E-state index is 0.557. The summed E-state index contributed by atoms with van der Waals surface area (Å²) in [6.45, 7) is 7.95. The van der Waals surface area contributed by atoms with Gasteiger partial charge in [0.2, 0.25) is 0 Å². The number of hydrogen-bond acceptors (Lipinski definition) is 4. The zero-order valence-electron chi connectivity index (χ0n) is 13.1. The van der Waals surface area contributed by atoms with Crippen molar-refractivity contribution in [3.63, 3.8) is 0 Å². The first kappa shape index (κ1) is 16.9. The quantitative estimate of drug-likeness (QED) is 0.597. The van der Waals surface area contributed by atoms with Crippen molar-refractivity contribution in [2.45, 2.75) is 45.4 Å². The summed E-state index contributed by atoms with van der Waals surface area (Å²) in [5.74, 6) is 1.78. The molecule has 20 heavy (non-hydrogen) atoms. The van der Waals surface area contributed by atoms with Gasteiger partial charge in [-0.3, -0.25) is 4.99 Å². The van der Waals surface area contributed by atoms with Gasteiger partial charge in [0.25, 0.3) is 0 Å². The molecule has 0 aliphatic rings. The van der Waals surface area contributed by atoms with Gasteiger partial charge in [-0.2, -0.15) is 11.8 Å². The highest BCUT2D eigenvalue weighted by Crippen LogP contribution is 2.15. The van der Waals surface area contributed by atoms with E-state index < -0.39 is 0 Å². The lowest BCUT2D eigenvalue weighted by Gasteiger charge is -2.14. The highest BCUT2D eigenvalue weighted by molar-refractivity contribution is 7.99. The molecule has 1 unspecified atom stereocenters. The molecular weight excluding hydrogens is 272 g/mol. The van der Waals surface area contributed by atoms with Crippen molar-refractivity contribution < 1.29 is 4.52 Å². The van der Waals surface area contributed by atoms with E-state index >= 15 is 0 Å². The molecule has 1 aromatic heterocycles. The Hall–Kier alpha value is -1.17. The molecule has 1 rings (SSSR count). The normalized spacial score (nSPS) is 13.3. The fraction of sp³-hybridized carbons (Fsp3) is 0.714. The van der Waals surface area contributed by atoms with Crippen molar-refractivity contribution in [3.8, 4) is 0 Å². The molecule has 0 aliphatic heterocycles. The van der Waals surface area contributed by atoms with E-state index in [1.54, 1.807) is 7.05 Å². The summed E-state index contributed by atoms with van der Waals surface area (Å²) in [5.41, 5.74) is 2.19. The highest BCUT2D eigenvalue weighted by Gasteiger charge is 2.13. The highest BCUT2D eigenvalue weighted by atomic mass is 32.2. The molecule has 0 saturated carbocycles. The molecule has 0 aliphatic carbocycles. The molecule has 2 N–H and O–H groups in total. The molecule has 1 aromatic rings. The third-order valence-electron chi connectivity index (χ3n) is 3.22. The molecule has 0 amide bonds. The van der Waals surface area contributed by atoms with Crippen LogP contribution in [0.2, 0.25) is 0 Å². The van der Waals surface area contributed by atoms with Crippen LogP contribution >= 0.6 is 11.8 Å². The van der Waals surface area contributed by atoms with E-state index in [0.29, 0.717) is 11.8 Å². The molecule has 0 aromatic carbocycles. The molecule has 0 bridgehead atoms. The Labute approximate surface area is 126 Å². The number of rotatable bonds is 7. The summed E-state index contributed by atoms with van der Waals surface area (Å²) >= 11 is 1.83. The smallest absolute Gasteiger partial charge is 0.191 e. The van der Waals surface area contributed by atoms with Crippen molar-refractivity contribution in [2.75, 3.05) is 19.8 Å². The maximum Gasteiger partial charge on any atom is 0.191 e. The SMILES string of the molecule is CCc1noc(CC)c1CNC(=NC)NCC(C)SC. The topological polar surface area (TPSA) is 62.5 Å². The second-order valence-corrected chi connectivity index (χ2v) is 5.87. The molecule has 1 atom stereocenters. The van der Waals surface area contributed by atoms with Gasteiger partial charge in [-0.05, 0) is 12.7 Å². The molecule has 5 nitrogen and oxygen atoms in total. The Morgan fingerprint density at radius 2 is 2.10 bits per heavy atom. The van der Waals surface area contributed by atoms with E-state index in [9.17, 15) is 0 Å². The molecule has 0 radical (unpaired) electrons. The van der Waals surface area contributed by atoms with Crippen LogP contribution in [0.4, 0.5) is 0 Å². The number of guanidine groups is 1. The number of aliphatic imine (C=N–C) groups is 1. The maximum atomic E-state index is 5.36. The number of hydrogen-bond donors (Lipinski definition) is 2. The predicted octanol–water partition coefficient (Wildman–Crippen LogP) is 2.22. The number of nitrogens with zero attached hydrogens (tertiary/aromatic N) is 2. The standard InChI is InChI=1S/C14H26N4OS/c1-6-12-11(13(7-2)19-18-12)9-17-14(15-4)16-8-10(3)20-5/h10H,6-9H2,1-5H3,(H2,15,16,17). The molecule has 0 fully saturated rings. The van der Waals surface area contributed by atoms with Crippen molar-refractivity contribution in [1.82, 2.24) is 15.8 Å². The second kappa shape index (κ2) is 8.89. The third kappa shape index (κ3) is 4.74. The first-order valence-electron chi connectivity index (χ1n) is 7.09. The van der Waals surface area contributed by atoms with Crippen molar-refractivity contribution in [3.05, 3.63) is 17.0 Å². The van der Waals surface area contributed by atoms with Gasteiger partial charge in [0, 0.05) is 37.4 Å². The summed E-state index contributed by atoms with van der Waals surface area (Å²) < 4.78 is 5.36. The van der Waals surface area contributed by atoms with Crippen LogP contribution in [0.1, 0.15) is 37.8 Å². The Balaban J connectivity index is 2.58. The Morgan fingerprint density at radius 1 is 1.35 bits per heavy atom. The molecule has 114 valence electrons. The average Bonchev–Trinajstić information content (AvgIpc) is 2.89. The van der Waals surface area contributed by atoms with Gasteiger partial charge in [0.1, 0.15) is 5.76 Å². The predicted molar refractivity (Wildman–Crippen MR) is 86.4 cm³/mol. The molecular formula is C14H26N4OS. The third-order valence-corrected chi connectivity index (χ3v) is 4.19. The van der Waals surface area contributed by atoms with Crippen molar-refractivity contribution in [1.29, 1.82) is 0 Å². The zero-order valence-corrected chi connectivity index (χ0v) is 13.9. The van der Waals surface area contributed by atoms with E-state index in [-0.39, 0.29) is 0 Å². The fourth-order valence-corrected chi connectivity index (χ4v) is 2.10. The number of nitrogens with one attached hydrogen (secondary N) is 2. The van der Waals surface area contributed by atoms with Crippen LogP contribution in [-0.4, -0.2) is 36.2 Å². The van der Waals surface area contributed by atoms with Crippen molar-refractivity contribution >= 4 is 17.7 Å². The summed E-state index contributed by atoms with van der Waals surface area (Å²) in [6.07, 6.45) is 3.86. The van der Waals surface area contributed by atoms with Crippen LogP contribution in [0.5, 0.6) is 0 Å². The second-order valence-electron chi connectivity index (χ2n) is 4.59. The van der Waals surface area contributed by atoms with E-state index in [1.165, 1.54) is 0 Å². The van der Waals surface area contributed by atoms with Crippen LogP contribution in [0.3, 0.4) is 0 Å². The zero-order chi connectivity index (χ0) is 15.0. The van der Waals surface area contributed by atoms with E-state index in [4.69, 9.17) is 4.52 Å². The van der Waals surface area contributed by atoms with Gasteiger partial charge >= 0.3 is 0 Å². The minimum atomic E-state index is 0.557. The monoisotopic (exact) mass is 298 g/mol. The van der Waals surface area contributed by atoms with Crippen LogP contribution in [-0.2, 0) is 19.4 Å². The number of aryl methyl sites for hydroxylation is 2. The van der Waals surface area contributed by atoms with E-state index in [0.717, 1.165) is 42.4 Å². The molecule has 1 heterocycles. The largest absolute Gasteiger partial charge is 0.361 e. The van der Waals surface area contributed by atoms with Crippen LogP contribution < -0.4 is 10.6 Å². The Morgan fingerprint density at radius 3 is 2.65 bits per heavy atom. The lowest BCUT2D eigenvalue weighted by atomic mass is 10.1. The molecule has 0 spiro atoms. The first-order chi connectivity index (χ1) is 9.65. The van der Waals surface area contributed by atoms with Crippen LogP contribution in [0, 0.1) is 0 Å². The molecule has 6 heteroatoms. The lowest BCUT2D eigenvalue weighted by molar-refractivity contribution is 0.380. The maximum absolute atomic E-state index is 5.36.